The van der Waals surface area contributed by atoms with Gasteiger partial charge in [0.1, 0.15) is 22.7 Å². The van der Waals surface area contributed by atoms with E-state index in [4.69, 9.17) is 9.15 Å². The number of nitrogens with zero attached hydrogens (tertiary/aromatic N) is 1. The van der Waals surface area contributed by atoms with Crippen LogP contribution in [-0.2, 0) is 10.8 Å². The molecule has 2 heterocycles. The number of rotatable bonds is 5. The topological polar surface area (TPSA) is 25.6 Å². The summed E-state index contributed by atoms with van der Waals surface area (Å²) >= 11 is 0. The van der Waals surface area contributed by atoms with Gasteiger partial charge < -0.3 is 14.1 Å². The van der Waals surface area contributed by atoms with Gasteiger partial charge in [-0.1, -0.05) is 202 Å². The lowest BCUT2D eigenvalue weighted by Gasteiger charge is -2.40. The lowest BCUT2D eigenvalue weighted by Crippen LogP contribution is -2.32. The molecule has 0 radical (unpaired) electrons. The number of benzene rings is 12. The molecule has 0 saturated heterocycles. The summed E-state index contributed by atoms with van der Waals surface area (Å²) in [5, 5.41) is 6.80. The summed E-state index contributed by atoms with van der Waals surface area (Å²) in [6.45, 7) is 4.72. The van der Waals surface area contributed by atoms with Gasteiger partial charge in [0.2, 0.25) is 0 Å². The van der Waals surface area contributed by atoms with E-state index in [0.717, 1.165) is 105 Å². The predicted octanol–water partition coefficient (Wildman–Crippen LogP) is 19.5. The Morgan fingerprint density at radius 3 is 1.60 bits per heavy atom. The van der Waals surface area contributed by atoms with Crippen LogP contribution in [0.2, 0.25) is 0 Å². The highest BCUT2D eigenvalue weighted by Gasteiger charge is 2.52. The molecule has 12 aromatic carbocycles. The van der Waals surface area contributed by atoms with E-state index in [1.807, 2.05) is 12.1 Å². The first kappa shape index (κ1) is 42.1. The van der Waals surface area contributed by atoms with E-state index in [-0.39, 0.29) is 5.41 Å². The normalized spacial score (nSPS) is 14.1. The van der Waals surface area contributed by atoms with Gasteiger partial charge in [-0.3, -0.25) is 0 Å². The molecule has 16 rings (SSSR count). The molecule has 1 aliphatic heterocycles. The molecule has 2 aliphatic carbocycles. The number of ether oxygens (including phenoxy) is 1. The minimum absolute atomic E-state index is 0.160. The van der Waals surface area contributed by atoms with Gasteiger partial charge in [-0.15, -0.1) is 0 Å². The van der Waals surface area contributed by atoms with Crippen LogP contribution in [-0.4, -0.2) is 0 Å². The smallest absolute Gasteiger partial charge is 0.140 e. The third-order valence-corrected chi connectivity index (χ3v) is 16.9. The van der Waals surface area contributed by atoms with E-state index in [1.165, 1.54) is 44.5 Å². The van der Waals surface area contributed by atoms with Gasteiger partial charge in [-0.25, -0.2) is 0 Å². The zero-order valence-corrected chi connectivity index (χ0v) is 41.4. The first-order valence-corrected chi connectivity index (χ1v) is 26.1. The first-order chi connectivity index (χ1) is 36.9. The van der Waals surface area contributed by atoms with Gasteiger partial charge >= 0.3 is 0 Å². The molecule has 0 N–H and O–H groups in total. The molecular formula is C72H47NO2. The number of furan rings is 1. The van der Waals surface area contributed by atoms with Crippen LogP contribution in [0.3, 0.4) is 0 Å². The second-order valence-corrected chi connectivity index (χ2v) is 21.1. The fraction of sp³-hybridized carbons (Fsp3) is 0.0556. The molecule has 0 unspecified atom stereocenters. The molecule has 3 nitrogen and oxygen atoms in total. The van der Waals surface area contributed by atoms with Crippen molar-refractivity contribution in [1.82, 2.24) is 0 Å². The lowest BCUT2D eigenvalue weighted by molar-refractivity contribution is 0.447. The molecule has 0 bridgehead atoms. The molecule has 0 atom stereocenters. The van der Waals surface area contributed by atoms with E-state index in [0.29, 0.717) is 0 Å². The van der Waals surface area contributed by atoms with Crippen LogP contribution in [0, 0.1) is 0 Å². The van der Waals surface area contributed by atoms with E-state index in [1.54, 1.807) is 0 Å². The summed E-state index contributed by atoms with van der Waals surface area (Å²) in [7, 11) is 0. The van der Waals surface area contributed by atoms with Crippen molar-refractivity contribution >= 4 is 60.5 Å². The van der Waals surface area contributed by atoms with Crippen LogP contribution in [0.5, 0.6) is 11.5 Å². The quantitative estimate of drug-likeness (QED) is 0.172. The molecule has 3 aliphatic rings. The summed E-state index contributed by atoms with van der Waals surface area (Å²) < 4.78 is 13.5. The number of para-hydroxylation sites is 1. The molecule has 3 heteroatoms. The zero-order valence-electron chi connectivity index (χ0n) is 41.4. The van der Waals surface area contributed by atoms with Crippen molar-refractivity contribution in [3.8, 4) is 56.0 Å². The standard InChI is InChI=1S/C72H47NO2/c1-71(2)61-23-10-7-20-55(61)57-36-34-52(43-65(57)71)73(50-32-26-44(27-33-50)48-31-39-68-60(41-48)59-22-9-12-25-67(59)74-68)51-17-13-16-47(40-51)49-28-35-58-56-21-8-11-24-62(56)72(66(58)42-49)63-37-29-45-14-3-5-18-53(45)69(63)75-70-54-19-6-4-15-46(54)30-38-64(70)72/h3-43H,1-2H3. The van der Waals surface area contributed by atoms with E-state index >= 15 is 0 Å². The molecule has 1 aromatic heterocycles. The Kier molecular flexibility index (Phi) is 8.72. The number of hydrogen-bond acceptors (Lipinski definition) is 3. The van der Waals surface area contributed by atoms with Crippen LogP contribution in [0.1, 0.15) is 47.2 Å². The predicted molar refractivity (Wildman–Crippen MR) is 309 cm³/mol. The SMILES string of the molecule is CC1(C)c2ccccc2-c2ccc(N(c3ccc(-c4ccc5oc6ccccc6c5c4)cc3)c3cccc(-c4ccc5c(c4)C4(c6ccccc6-5)c5ccc6ccccc6c5Oc5c4ccc4ccccc54)c3)cc21. The minimum Gasteiger partial charge on any atom is -0.456 e. The molecule has 352 valence electrons. The van der Waals surface area contributed by atoms with Gasteiger partial charge in [0.15, 0.2) is 0 Å². The maximum atomic E-state index is 7.27. The third kappa shape index (κ3) is 5.92. The van der Waals surface area contributed by atoms with Crippen LogP contribution in [0.25, 0.3) is 88.0 Å². The van der Waals surface area contributed by atoms with E-state index in [9.17, 15) is 0 Å². The molecule has 0 amide bonds. The number of hydrogen-bond donors (Lipinski definition) is 0. The van der Waals surface area contributed by atoms with Crippen LogP contribution in [0.15, 0.2) is 253 Å². The number of anilines is 3. The van der Waals surface area contributed by atoms with Crippen LogP contribution >= 0.6 is 0 Å². The monoisotopic (exact) mass is 957 g/mol. The van der Waals surface area contributed by atoms with Crippen molar-refractivity contribution in [2.75, 3.05) is 4.90 Å². The summed E-state index contributed by atoms with van der Waals surface area (Å²) in [5.74, 6) is 1.84. The Morgan fingerprint density at radius 2 is 0.840 bits per heavy atom. The maximum Gasteiger partial charge on any atom is 0.140 e. The average Bonchev–Trinajstić information content (AvgIpc) is 4.26. The van der Waals surface area contributed by atoms with Gasteiger partial charge in [0, 0.05) is 55.1 Å². The molecular weight excluding hydrogens is 911 g/mol. The maximum absolute atomic E-state index is 7.27. The Labute approximate surface area is 435 Å². The minimum atomic E-state index is -0.644. The van der Waals surface area contributed by atoms with Crippen molar-refractivity contribution < 1.29 is 9.15 Å². The highest BCUT2D eigenvalue weighted by Crippen LogP contribution is 2.64. The Hall–Kier alpha value is -9.44. The zero-order chi connectivity index (χ0) is 49.6. The molecule has 0 fully saturated rings. The summed E-state index contributed by atoms with van der Waals surface area (Å²) in [4.78, 5) is 2.44. The average molecular weight is 958 g/mol. The van der Waals surface area contributed by atoms with Crippen molar-refractivity contribution in [3.05, 3.63) is 282 Å². The Balaban J connectivity index is 0.873. The highest BCUT2D eigenvalue weighted by molar-refractivity contribution is 6.06. The fourth-order valence-corrected chi connectivity index (χ4v) is 13.4. The number of fused-ring (bicyclic) bond motifs is 19. The largest absolute Gasteiger partial charge is 0.456 e. The lowest BCUT2D eigenvalue weighted by atomic mass is 9.65. The van der Waals surface area contributed by atoms with Crippen molar-refractivity contribution in [2.24, 2.45) is 0 Å². The first-order valence-electron chi connectivity index (χ1n) is 26.1. The van der Waals surface area contributed by atoms with E-state index in [2.05, 4.69) is 255 Å². The second-order valence-electron chi connectivity index (χ2n) is 21.1. The van der Waals surface area contributed by atoms with Crippen molar-refractivity contribution in [2.45, 2.75) is 24.7 Å². The molecule has 13 aromatic rings. The molecule has 1 spiro atoms. The summed E-state index contributed by atoms with van der Waals surface area (Å²) in [6.07, 6.45) is 0. The van der Waals surface area contributed by atoms with Gasteiger partial charge in [0.25, 0.3) is 0 Å². The van der Waals surface area contributed by atoms with Crippen molar-refractivity contribution in [1.29, 1.82) is 0 Å². The van der Waals surface area contributed by atoms with Crippen LogP contribution < -0.4 is 9.64 Å². The van der Waals surface area contributed by atoms with Gasteiger partial charge in [0.05, 0.1) is 5.41 Å². The molecule has 75 heavy (non-hydrogen) atoms. The van der Waals surface area contributed by atoms with Gasteiger partial charge in [-0.05, 0) is 138 Å². The second kappa shape index (κ2) is 15.5. The third-order valence-electron chi connectivity index (χ3n) is 16.9. The summed E-state index contributed by atoms with van der Waals surface area (Å²) in [6, 6.07) is 91.7. The molecule has 0 saturated carbocycles. The van der Waals surface area contributed by atoms with Crippen LogP contribution in [0.4, 0.5) is 17.1 Å². The van der Waals surface area contributed by atoms with E-state index < -0.39 is 5.41 Å². The highest BCUT2D eigenvalue weighted by atomic mass is 16.5. The van der Waals surface area contributed by atoms with Crippen molar-refractivity contribution in [3.63, 3.8) is 0 Å². The fourth-order valence-electron chi connectivity index (χ4n) is 13.4. The van der Waals surface area contributed by atoms with Gasteiger partial charge in [-0.2, -0.15) is 0 Å². The Bertz CT molecular complexity index is 4470. The summed E-state index contributed by atoms with van der Waals surface area (Å²) in [5.41, 5.74) is 21.6. The Morgan fingerprint density at radius 1 is 0.307 bits per heavy atom.